The van der Waals surface area contributed by atoms with Gasteiger partial charge in [0.1, 0.15) is 11.5 Å². The van der Waals surface area contributed by atoms with E-state index >= 15 is 0 Å². The monoisotopic (exact) mass is 300 g/mol. The zero-order chi connectivity index (χ0) is 16.3. The van der Waals surface area contributed by atoms with Gasteiger partial charge in [0.05, 0.1) is 0 Å². The van der Waals surface area contributed by atoms with Crippen LogP contribution in [0.15, 0.2) is 12.1 Å². The highest BCUT2D eigenvalue weighted by molar-refractivity contribution is 5.88. The Kier molecular flexibility index (Phi) is 3.43. The van der Waals surface area contributed by atoms with Gasteiger partial charge in [-0.15, -0.1) is 0 Å². The third-order valence-electron chi connectivity index (χ3n) is 6.11. The van der Waals surface area contributed by atoms with Crippen molar-refractivity contribution in [1.29, 1.82) is 0 Å². The van der Waals surface area contributed by atoms with Crippen LogP contribution in [0.3, 0.4) is 0 Å². The van der Waals surface area contributed by atoms with E-state index in [9.17, 15) is 9.90 Å². The summed E-state index contributed by atoms with van der Waals surface area (Å²) in [4.78, 5) is 12.9. The number of Topliss-reactive ketones (excluding diaryl/α,β-unsaturated/α-hetero) is 1. The Balaban J connectivity index is 2.19. The standard InChI is InChI=1S/C20H28O2/c1-12(2)14-9-13-10-17(22)18-19(3,4)7-6-8-20(18,5)15(13)11-16(14)21/h9,11-12,18,21H,6-8,10H2,1-5H3/t18-,20+/m0/s1. The molecule has 120 valence electrons. The molecule has 22 heavy (non-hydrogen) atoms. The molecule has 2 atom stereocenters. The minimum Gasteiger partial charge on any atom is -0.508 e. The van der Waals surface area contributed by atoms with Crippen LogP contribution < -0.4 is 0 Å². The van der Waals surface area contributed by atoms with Crippen molar-refractivity contribution in [2.24, 2.45) is 11.3 Å². The maximum atomic E-state index is 12.9. The van der Waals surface area contributed by atoms with Gasteiger partial charge in [-0.2, -0.15) is 0 Å². The van der Waals surface area contributed by atoms with Crippen molar-refractivity contribution >= 4 is 5.78 Å². The van der Waals surface area contributed by atoms with Crippen LogP contribution in [0.5, 0.6) is 5.75 Å². The molecule has 0 unspecified atom stereocenters. The van der Waals surface area contributed by atoms with Gasteiger partial charge in [0.15, 0.2) is 0 Å². The van der Waals surface area contributed by atoms with Crippen molar-refractivity contribution in [2.75, 3.05) is 0 Å². The van der Waals surface area contributed by atoms with E-state index in [1.54, 1.807) is 0 Å². The van der Waals surface area contributed by atoms with Gasteiger partial charge in [-0.1, -0.05) is 47.1 Å². The Hall–Kier alpha value is -1.31. The van der Waals surface area contributed by atoms with E-state index in [1.165, 1.54) is 5.56 Å². The Labute approximate surface area is 133 Å². The summed E-state index contributed by atoms with van der Waals surface area (Å²) >= 11 is 0. The maximum absolute atomic E-state index is 12.9. The van der Waals surface area contributed by atoms with E-state index in [2.05, 4.69) is 40.7 Å². The largest absolute Gasteiger partial charge is 0.508 e. The summed E-state index contributed by atoms with van der Waals surface area (Å²) < 4.78 is 0. The molecular weight excluding hydrogens is 272 g/mol. The van der Waals surface area contributed by atoms with E-state index < -0.39 is 0 Å². The lowest BCUT2D eigenvalue weighted by atomic mass is 9.50. The molecule has 0 bridgehead atoms. The molecule has 2 aliphatic carbocycles. The first-order valence-electron chi connectivity index (χ1n) is 8.56. The van der Waals surface area contributed by atoms with Crippen LogP contribution in [0.2, 0.25) is 0 Å². The minimum absolute atomic E-state index is 0.0497. The SMILES string of the molecule is CC(C)c1cc2c(cc1O)[C@@]1(C)CCCC(C)(C)[C@@H]1C(=O)C2. The van der Waals surface area contributed by atoms with E-state index in [-0.39, 0.29) is 22.7 Å². The average molecular weight is 300 g/mol. The molecule has 1 aromatic carbocycles. The van der Waals surface area contributed by atoms with Crippen molar-refractivity contribution in [3.63, 3.8) is 0 Å². The van der Waals surface area contributed by atoms with Gasteiger partial charge in [0, 0.05) is 17.8 Å². The molecule has 2 heteroatoms. The van der Waals surface area contributed by atoms with Crippen molar-refractivity contribution in [2.45, 2.75) is 71.6 Å². The summed E-state index contributed by atoms with van der Waals surface area (Å²) in [7, 11) is 0. The maximum Gasteiger partial charge on any atom is 0.141 e. The zero-order valence-corrected chi connectivity index (χ0v) is 14.5. The lowest BCUT2D eigenvalue weighted by molar-refractivity contribution is -0.132. The number of aromatic hydroxyl groups is 1. The lowest BCUT2D eigenvalue weighted by Gasteiger charge is -2.53. The van der Waals surface area contributed by atoms with Gasteiger partial charge in [-0.05, 0) is 46.9 Å². The van der Waals surface area contributed by atoms with Gasteiger partial charge >= 0.3 is 0 Å². The molecule has 1 fully saturated rings. The van der Waals surface area contributed by atoms with Crippen LogP contribution in [0.25, 0.3) is 0 Å². The normalized spacial score (nSPS) is 30.1. The average Bonchev–Trinajstić information content (AvgIpc) is 2.37. The van der Waals surface area contributed by atoms with Gasteiger partial charge in [0.25, 0.3) is 0 Å². The van der Waals surface area contributed by atoms with E-state index in [4.69, 9.17) is 0 Å². The Morgan fingerprint density at radius 1 is 1.18 bits per heavy atom. The van der Waals surface area contributed by atoms with E-state index in [0.29, 0.717) is 18.0 Å². The number of phenolic OH excluding ortho intramolecular Hbond substituents is 1. The number of benzene rings is 1. The Morgan fingerprint density at radius 3 is 2.50 bits per heavy atom. The van der Waals surface area contributed by atoms with E-state index in [0.717, 1.165) is 30.4 Å². The summed E-state index contributed by atoms with van der Waals surface area (Å²) in [5.74, 6) is 1.13. The minimum atomic E-state index is -0.126. The Bertz CT molecular complexity index is 627. The predicted octanol–water partition coefficient (Wildman–Crippen LogP) is 4.72. The first kappa shape index (κ1) is 15.6. The zero-order valence-electron chi connectivity index (χ0n) is 14.5. The van der Waals surface area contributed by atoms with Gasteiger partial charge in [-0.25, -0.2) is 0 Å². The van der Waals surface area contributed by atoms with Crippen LogP contribution in [0.4, 0.5) is 0 Å². The number of carbonyl (C=O) groups excluding carboxylic acids is 1. The quantitative estimate of drug-likeness (QED) is 0.814. The Morgan fingerprint density at radius 2 is 1.86 bits per heavy atom. The second-order valence-electron chi connectivity index (χ2n) is 8.56. The molecule has 1 aromatic rings. The van der Waals surface area contributed by atoms with Gasteiger partial charge in [0.2, 0.25) is 0 Å². The summed E-state index contributed by atoms with van der Waals surface area (Å²) in [6, 6.07) is 4.04. The molecule has 1 N–H and O–H groups in total. The van der Waals surface area contributed by atoms with Crippen molar-refractivity contribution in [1.82, 2.24) is 0 Å². The van der Waals surface area contributed by atoms with Crippen LogP contribution in [0.1, 0.15) is 76.5 Å². The van der Waals surface area contributed by atoms with Crippen LogP contribution in [0, 0.1) is 11.3 Å². The molecule has 0 aromatic heterocycles. The fourth-order valence-corrected chi connectivity index (χ4v) is 5.23. The molecule has 2 aliphatic rings. The fraction of sp³-hybridized carbons (Fsp3) is 0.650. The van der Waals surface area contributed by atoms with Crippen LogP contribution >= 0.6 is 0 Å². The number of carbonyl (C=O) groups is 1. The number of rotatable bonds is 1. The van der Waals surface area contributed by atoms with Crippen LogP contribution in [-0.4, -0.2) is 10.9 Å². The molecular formula is C20H28O2. The molecule has 3 rings (SSSR count). The highest BCUT2D eigenvalue weighted by Gasteiger charge is 2.53. The molecule has 0 heterocycles. The van der Waals surface area contributed by atoms with Crippen molar-refractivity contribution < 1.29 is 9.90 Å². The highest BCUT2D eigenvalue weighted by Crippen LogP contribution is 2.56. The van der Waals surface area contributed by atoms with E-state index in [1.807, 2.05) is 6.07 Å². The first-order chi connectivity index (χ1) is 10.2. The number of hydrogen-bond acceptors (Lipinski definition) is 2. The molecule has 0 spiro atoms. The van der Waals surface area contributed by atoms with Crippen molar-refractivity contribution in [3.8, 4) is 5.75 Å². The number of phenols is 1. The summed E-state index contributed by atoms with van der Waals surface area (Å²) in [6.07, 6.45) is 3.84. The second kappa shape index (κ2) is 4.84. The molecule has 2 nitrogen and oxygen atoms in total. The topological polar surface area (TPSA) is 37.3 Å². The summed E-state index contributed by atoms with van der Waals surface area (Å²) in [5.41, 5.74) is 3.24. The second-order valence-corrected chi connectivity index (χ2v) is 8.56. The molecule has 1 saturated carbocycles. The first-order valence-corrected chi connectivity index (χ1v) is 8.56. The molecule has 0 aliphatic heterocycles. The van der Waals surface area contributed by atoms with Crippen molar-refractivity contribution in [3.05, 3.63) is 28.8 Å². The third kappa shape index (κ3) is 2.11. The molecule has 0 saturated heterocycles. The summed E-state index contributed by atoms with van der Waals surface area (Å²) in [6.45, 7) is 10.9. The van der Waals surface area contributed by atoms with Crippen LogP contribution in [-0.2, 0) is 16.6 Å². The number of ketones is 1. The lowest BCUT2D eigenvalue weighted by Crippen LogP contribution is -2.52. The molecule has 0 amide bonds. The van der Waals surface area contributed by atoms with Gasteiger partial charge < -0.3 is 5.11 Å². The number of hydrogen-bond donors (Lipinski definition) is 1. The summed E-state index contributed by atoms with van der Waals surface area (Å²) in [5, 5.41) is 10.5. The van der Waals surface area contributed by atoms with Gasteiger partial charge in [-0.3, -0.25) is 4.79 Å². The fourth-order valence-electron chi connectivity index (χ4n) is 5.23. The number of fused-ring (bicyclic) bond motifs is 3. The predicted molar refractivity (Wildman–Crippen MR) is 89.4 cm³/mol. The highest BCUT2D eigenvalue weighted by atomic mass is 16.3. The molecule has 0 radical (unpaired) electrons. The third-order valence-corrected chi connectivity index (χ3v) is 6.11. The smallest absolute Gasteiger partial charge is 0.141 e.